The lowest BCUT2D eigenvalue weighted by atomic mass is 9.93. The van der Waals surface area contributed by atoms with Crippen LogP contribution >= 0.6 is 12.4 Å². The highest BCUT2D eigenvalue weighted by atomic mass is 35.5. The van der Waals surface area contributed by atoms with Crippen molar-refractivity contribution in [1.82, 2.24) is 4.90 Å². The molecule has 0 heterocycles. The van der Waals surface area contributed by atoms with Gasteiger partial charge < -0.3 is 10.6 Å². The van der Waals surface area contributed by atoms with Gasteiger partial charge >= 0.3 is 0 Å². The molecule has 1 fully saturated rings. The maximum absolute atomic E-state index is 12.6. The molecule has 2 rings (SSSR count). The molecule has 1 saturated carbocycles. The average Bonchev–Trinajstić information content (AvgIpc) is 2.52. The summed E-state index contributed by atoms with van der Waals surface area (Å²) < 4.78 is 0. The molecule has 0 aromatic heterocycles. The van der Waals surface area contributed by atoms with E-state index < -0.39 is 0 Å². The number of hydrogen-bond acceptors (Lipinski definition) is 2. The first-order chi connectivity index (χ1) is 10.2. The quantitative estimate of drug-likeness (QED) is 0.862. The molecule has 0 radical (unpaired) electrons. The molecule has 0 saturated heterocycles. The summed E-state index contributed by atoms with van der Waals surface area (Å²) in [6.07, 6.45) is 7.45. The van der Waals surface area contributed by atoms with E-state index in [0.29, 0.717) is 12.5 Å². The van der Waals surface area contributed by atoms with Crippen LogP contribution in [0.15, 0.2) is 30.3 Å². The average molecular weight is 325 g/mol. The van der Waals surface area contributed by atoms with Crippen LogP contribution in [0.2, 0.25) is 0 Å². The SMILES string of the molecule is CC(N)CCC(=O)N(Cc1ccccc1)C1CCCCC1.Cl. The Labute approximate surface area is 140 Å². The highest BCUT2D eigenvalue weighted by Gasteiger charge is 2.25. The Hall–Kier alpha value is -1.06. The summed E-state index contributed by atoms with van der Waals surface area (Å²) in [4.78, 5) is 14.7. The van der Waals surface area contributed by atoms with E-state index >= 15 is 0 Å². The van der Waals surface area contributed by atoms with E-state index in [-0.39, 0.29) is 24.4 Å². The summed E-state index contributed by atoms with van der Waals surface area (Å²) in [6.45, 7) is 2.71. The summed E-state index contributed by atoms with van der Waals surface area (Å²) >= 11 is 0. The summed E-state index contributed by atoms with van der Waals surface area (Å²) in [7, 11) is 0. The van der Waals surface area contributed by atoms with Gasteiger partial charge in [0.1, 0.15) is 0 Å². The number of rotatable bonds is 6. The number of nitrogens with zero attached hydrogens (tertiary/aromatic N) is 1. The van der Waals surface area contributed by atoms with E-state index in [1.807, 2.05) is 25.1 Å². The third-order valence-corrected chi connectivity index (χ3v) is 4.35. The maximum Gasteiger partial charge on any atom is 0.223 e. The number of carbonyl (C=O) groups excluding carboxylic acids is 1. The smallest absolute Gasteiger partial charge is 0.223 e. The zero-order valence-electron chi connectivity index (χ0n) is 13.5. The van der Waals surface area contributed by atoms with E-state index in [0.717, 1.165) is 25.8 Å². The Morgan fingerprint density at radius 1 is 1.23 bits per heavy atom. The van der Waals surface area contributed by atoms with Crippen molar-refractivity contribution in [3.63, 3.8) is 0 Å². The lowest BCUT2D eigenvalue weighted by molar-refractivity contribution is -0.135. The molecule has 0 bridgehead atoms. The second kappa shape index (κ2) is 9.86. The molecule has 2 N–H and O–H groups in total. The normalized spacial score (nSPS) is 16.6. The molecular formula is C18H29ClN2O. The summed E-state index contributed by atoms with van der Waals surface area (Å²) in [5.74, 6) is 0.267. The minimum absolute atomic E-state index is 0. The Kier molecular flexibility index (Phi) is 8.51. The zero-order chi connectivity index (χ0) is 15.1. The summed E-state index contributed by atoms with van der Waals surface area (Å²) in [5.41, 5.74) is 7.02. The van der Waals surface area contributed by atoms with Crippen LogP contribution in [-0.4, -0.2) is 22.9 Å². The molecule has 1 atom stereocenters. The van der Waals surface area contributed by atoms with E-state index in [9.17, 15) is 4.79 Å². The topological polar surface area (TPSA) is 46.3 Å². The van der Waals surface area contributed by atoms with Crippen molar-refractivity contribution < 1.29 is 4.79 Å². The van der Waals surface area contributed by atoms with Crippen molar-refractivity contribution in [2.45, 2.75) is 70.5 Å². The molecule has 1 aliphatic rings. The minimum Gasteiger partial charge on any atom is -0.335 e. The second-order valence-electron chi connectivity index (χ2n) is 6.32. The van der Waals surface area contributed by atoms with Crippen LogP contribution in [-0.2, 0) is 11.3 Å². The van der Waals surface area contributed by atoms with Gasteiger partial charge in [-0.3, -0.25) is 4.79 Å². The van der Waals surface area contributed by atoms with Gasteiger partial charge in [-0.1, -0.05) is 49.6 Å². The van der Waals surface area contributed by atoms with Gasteiger partial charge in [0.05, 0.1) is 0 Å². The lowest BCUT2D eigenvalue weighted by Gasteiger charge is -2.35. The molecule has 0 spiro atoms. The fraction of sp³-hybridized carbons (Fsp3) is 0.611. The molecule has 1 unspecified atom stereocenters. The van der Waals surface area contributed by atoms with Crippen LogP contribution in [0.5, 0.6) is 0 Å². The predicted molar refractivity (Wildman–Crippen MR) is 94.0 cm³/mol. The first kappa shape index (κ1) is 19.0. The molecular weight excluding hydrogens is 296 g/mol. The fourth-order valence-corrected chi connectivity index (χ4v) is 3.09. The highest BCUT2D eigenvalue weighted by molar-refractivity contribution is 5.85. The van der Waals surface area contributed by atoms with Gasteiger partial charge in [-0.2, -0.15) is 0 Å². The van der Waals surface area contributed by atoms with Crippen LogP contribution in [0.4, 0.5) is 0 Å². The van der Waals surface area contributed by atoms with Crippen molar-refractivity contribution in [2.75, 3.05) is 0 Å². The Balaban J connectivity index is 0.00000242. The van der Waals surface area contributed by atoms with Crippen LogP contribution in [0.25, 0.3) is 0 Å². The number of amides is 1. The van der Waals surface area contributed by atoms with E-state index in [1.54, 1.807) is 0 Å². The predicted octanol–water partition coefficient (Wildman–Crippen LogP) is 3.90. The van der Waals surface area contributed by atoms with Crippen LogP contribution < -0.4 is 5.73 Å². The van der Waals surface area contributed by atoms with E-state index in [4.69, 9.17) is 5.73 Å². The standard InChI is InChI=1S/C18H28N2O.ClH/c1-15(19)12-13-18(21)20(17-10-6-3-7-11-17)14-16-8-4-2-5-9-16;/h2,4-5,8-9,15,17H,3,6-7,10-14,19H2,1H3;1H. The van der Waals surface area contributed by atoms with Crippen molar-refractivity contribution in [1.29, 1.82) is 0 Å². The number of nitrogens with two attached hydrogens (primary N) is 1. The molecule has 4 heteroatoms. The third kappa shape index (κ3) is 5.98. The molecule has 1 amide bonds. The Morgan fingerprint density at radius 3 is 2.45 bits per heavy atom. The van der Waals surface area contributed by atoms with Crippen molar-refractivity contribution >= 4 is 18.3 Å². The molecule has 3 nitrogen and oxygen atoms in total. The Bertz CT molecular complexity index is 430. The summed E-state index contributed by atoms with van der Waals surface area (Å²) in [6, 6.07) is 10.8. The number of benzene rings is 1. The molecule has 124 valence electrons. The highest BCUT2D eigenvalue weighted by Crippen LogP contribution is 2.25. The number of hydrogen-bond donors (Lipinski definition) is 1. The van der Waals surface area contributed by atoms with Crippen molar-refractivity contribution in [3.8, 4) is 0 Å². The van der Waals surface area contributed by atoms with Crippen LogP contribution in [0.3, 0.4) is 0 Å². The third-order valence-electron chi connectivity index (χ3n) is 4.35. The van der Waals surface area contributed by atoms with Gasteiger partial charge in [0.2, 0.25) is 5.91 Å². The van der Waals surface area contributed by atoms with E-state index in [2.05, 4.69) is 17.0 Å². The van der Waals surface area contributed by atoms with Crippen LogP contribution in [0.1, 0.15) is 57.4 Å². The van der Waals surface area contributed by atoms with Crippen molar-refractivity contribution in [3.05, 3.63) is 35.9 Å². The van der Waals surface area contributed by atoms with E-state index in [1.165, 1.54) is 24.8 Å². The van der Waals surface area contributed by atoms with Gasteiger partial charge in [0, 0.05) is 25.0 Å². The maximum atomic E-state index is 12.6. The monoisotopic (exact) mass is 324 g/mol. The first-order valence-corrected chi connectivity index (χ1v) is 8.26. The van der Waals surface area contributed by atoms with Gasteiger partial charge in [0.25, 0.3) is 0 Å². The number of halogens is 1. The van der Waals surface area contributed by atoms with Gasteiger partial charge in [0.15, 0.2) is 0 Å². The largest absolute Gasteiger partial charge is 0.335 e. The molecule has 1 aromatic rings. The molecule has 0 aliphatic heterocycles. The minimum atomic E-state index is 0. The summed E-state index contributed by atoms with van der Waals surface area (Å²) in [5, 5.41) is 0. The lowest BCUT2D eigenvalue weighted by Crippen LogP contribution is -2.41. The second-order valence-corrected chi connectivity index (χ2v) is 6.32. The molecule has 22 heavy (non-hydrogen) atoms. The van der Waals surface area contributed by atoms with Gasteiger partial charge in [-0.25, -0.2) is 0 Å². The molecule has 1 aliphatic carbocycles. The van der Waals surface area contributed by atoms with Gasteiger partial charge in [-0.15, -0.1) is 12.4 Å². The van der Waals surface area contributed by atoms with Crippen LogP contribution in [0, 0.1) is 0 Å². The first-order valence-electron chi connectivity index (χ1n) is 8.26. The fourth-order valence-electron chi connectivity index (χ4n) is 3.09. The van der Waals surface area contributed by atoms with Crippen molar-refractivity contribution in [2.24, 2.45) is 5.73 Å². The molecule has 1 aromatic carbocycles. The number of carbonyl (C=O) groups is 1. The van der Waals surface area contributed by atoms with Gasteiger partial charge in [-0.05, 0) is 31.7 Å². The Morgan fingerprint density at radius 2 is 1.86 bits per heavy atom. The zero-order valence-corrected chi connectivity index (χ0v) is 14.4.